The smallest absolute Gasteiger partial charge is 0.353 e. The van der Waals surface area contributed by atoms with Gasteiger partial charge in [-0.1, -0.05) is 6.07 Å². The van der Waals surface area contributed by atoms with Crippen LogP contribution < -0.4 is 10.4 Å². The van der Waals surface area contributed by atoms with Crippen molar-refractivity contribution in [1.82, 2.24) is 0 Å². The van der Waals surface area contributed by atoms with Crippen molar-refractivity contribution in [2.24, 2.45) is 0 Å². The van der Waals surface area contributed by atoms with Crippen LogP contribution in [0.1, 0.15) is 32.8 Å². The van der Waals surface area contributed by atoms with Gasteiger partial charge >= 0.3 is 11.6 Å². The molecule has 0 spiro atoms. The predicted octanol–water partition coefficient (Wildman–Crippen LogP) is 3.87. The molecule has 0 saturated heterocycles. The van der Waals surface area contributed by atoms with Crippen molar-refractivity contribution in [3.63, 3.8) is 0 Å². The average molecular weight is 326 g/mol. The van der Waals surface area contributed by atoms with Crippen molar-refractivity contribution in [3.05, 3.63) is 61.6 Å². The first-order valence-electron chi connectivity index (χ1n) is 7.49. The summed E-state index contributed by atoms with van der Waals surface area (Å²) in [5.41, 5.74) is 2.80. The molecule has 4 rings (SSSR count). The minimum absolute atomic E-state index is 0.269. The van der Waals surface area contributed by atoms with Crippen molar-refractivity contribution in [2.75, 3.05) is 0 Å². The molecular formula is C18H14O4S. The first kappa shape index (κ1) is 14.2. The second-order valence-electron chi connectivity index (χ2n) is 5.63. The number of esters is 1. The van der Waals surface area contributed by atoms with Crippen molar-refractivity contribution in [3.8, 4) is 5.75 Å². The van der Waals surface area contributed by atoms with Crippen LogP contribution >= 0.6 is 11.3 Å². The molecule has 0 bridgehead atoms. The number of carbonyl (C=O) groups is 1. The van der Waals surface area contributed by atoms with E-state index in [1.807, 2.05) is 18.4 Å². The Labute approximate surface area is 136 Å². The molecule has 0 N–H and O–H groups in total. The second kappa shape index (κ2) is 5.35. The van der Waals surface area contributed by atoms with Crippen LogP contribution in [0.15, 0.2) is 38.9 Å². The molecule has 23 heavy (non-hydrogen) atoms. The zero-order chi connectivity index (χ0) is 16.0. The highest BCUT2D eigenvalue weighted by molar-refractivity contribution is 7.12. The summed E-state index contributed by atoms with van der Waals surface area (Å²) < 4.78 is 11.0. The minimum Gasteiger partial charge on any atom is -0.422 e. The molecule has 0 saturated carbocycles. The van der Waals surface area contributed by atoms with Gasteiger partial charge < -0.3 is 9.15 Å². The molecule has 2 aromatic heterocycles. The summed E-state index contributed by atoms with van der Waals surface area (Å²) in [6, 6.07) is 7.18. The summed E-state index contributed by atoms with van der Waals surface area (Å²) in [5.74, 6) is 0.0305. The molecule has 0 unspecified atom stereocenters. The fourth-order valence-electron chi connectivity index (χ4n) is 3.12. The Bertz CT molecular complexity index is 967. The third-order valence-corrected chi connectivity index (χ3v) is 5.12. The Hall–Kier alpha value is -2.40. The highest BCUT2D eigenvalue weighted by atomic mass is 32.1. The van der Waals surface area contributed by atoms with Crippen LogP contribution in [0.4, 0.5) is 0 Å². The Morgan fingerprint density at radius 3 is 2.83 bits per heavy atom. The van der Waals surface area contributed by atoms with Crippen LogP contribution in [-0.4, -0.2) is 5.97 Å². The van der Waals surface area contributed by atoms with E-state index >= 15 is 0 Å². The summed E-state index contributed by atoms with van der Waals surface area (Å²) >= 11 is 1.33. The van der Waals surface area contributed by atoms with Crippen LogP contribution in [0.3, 0.4) is 0 Å². The van der Waals surface area contributed by atoms with Gasteiger partial charge in [0.15, 0.2) is 0 Å². The zero-order valence-electron chi connectivity index (χ0n) is 12.5. The quantitative estimate of drug-likeness (QED) is 0.407. The molecule has 0 aliphatic heterocycles. The Morgan fingerprint density at radius 2 is 2.04 bits per heavy atom. The molecule has 0 fully saturated rings. The average Bonchev–Trinajstić information content (AvgIpc) is 3.21. The molecule has 3 aromatic rings. The number of rotatable bonds is 2. The molecule has 4 nitrogen and oxygen atoms in total. The van der Waals surface area contributed by atoms with Gasteiger partial charge in [0.2, 0.25) is 0 Å². The largest absolute Gasteiger partial charge is 0.422 e. The number of hydrogen-bond acceptors (Lipinski definition) is 5. The lowest BCUT2D eigenvalue weighted by Gasteiger charge is -2.10. The highest BCUT2D eigenvalue weighted by Crippen LogP contribution is 2.33. The first-order chi connectivity index (χ1) is 11.1. The zero-order valence-corrected chi connectivity index (χ0v) is 13.4. The van der Waals surface area contributed by atoms with Gasteiger partial charge in [-0.15, -0.1) is 11.3 Å². The van der Waals surface area contributed by atoms with Crippen LogP contribution in [0.2, 0.25) is 0 Å². The van der Waals surface area contributed by atoms with Crippen molar-refractivity contribution >= 4 is 28.3 Å². The number of benzene rings is 1. The molecule has 2 heterocycles. The number of fused-ring (bicyclic) bond motifs is 3. The van der Waals surface area contributed by atoms with Gasteiger partial charge in [-0.25, -0.2) is 9.59 Å². The lowest BCUT2D eigenvalue weighted by atomic mass is 10.0. The molecule has 0 amide bonds. The van der Waals surface area contributed by atoms with Crippen molar-refractivity contribution in [2.45, 2.75) is 26.2 Å². The lowest BCUT2D eigenvalue weighted by molar-refractivity contribution is 0.0739. The maximum atomic E-state index is 12.1. The van der Waals surface area contributed by atoms with Gasteiger partial charge in [0.25, 0.3) is 0 Å². The van der Waals surface area contributed by atoms with E-state index in [4.69, 9.17) is 9.15 Å². The van der Waals surface area contributed by atoms with Gasteiger partial charge in [-0.2, -0.15) is 0 Å². The molecule has 1 aliphatic rings. The van der Waals surface area contributed by atoms with Gasteiger partial charge in [0, 0.05) is 16.5 Å². The van der Waals surface area contributed by atoms with Gasteiger partial charge in [-0.3, -0.25) is 0 Å². The minimum atomic E-state index is -0.397. The van der Waals surface area contributed by atoms with E-state index in [0.29, 0.717) is 21.8 Å². The number of carbonyl (C=O) groups excluding carboxylic acids is 1. The fraction of sp³-hybridized carbons (Fsp3) is 0.222. The third-order valence-electron chi connectivity index (χ3n) is 4.27. The maximum Gasteiger partial charge on any atom is 0.353 e. The molecule has 0 radical (unpaired) electrons. The summed E-state index contributed by atoms with van der Waals surface area (Å²) in [6.07, 6.45) is 2.65. The number of hydrogen-bond donors (Lipinski definition) is 0. The molecule has 1 aliphatic carbocycles. The van der Waals surface area contributed by atoms with Gasteiger partial charge in [0.1, 0.15) is 16.2 Å². The first-order valence-corrected chi connectivity index (χ1v) is 8.37. The van der Waals surface area contributed by atoms with Crippen LogP contribution in [0.25, 0.3) is 11.0 Å². The van der Waals surface area contributed by atoms with Gasteiger partial charge in [-0.05, 0) is 55.3 Å². The number of ether oxygens (including phenoxy) is 1. The Kier molecular flexibility index (Phi) is 3.31. The van der Waals surface area contributed by atoms with Crippen molar-refractivity contribution in [1.29, 1.82) is 0 Å². The highest BCUT2D eigenvalue weighted by Gasteiger charge is 2.22. The SMILES string of the molecule is Cc1c(OC(=O)c2cccs2)ccc2c3c(c(=O)oc12)CCC3. The van der Waals surface area contributed by atoms with E-state index < -0.39 is 5.97 Å². The summed E-state index contributed by atoms with van der Waals surface area (Å²) in [7, 11) is 0. The normalized spacial score (nSPS) is 13.3. The summed E-state index contributed by atoms with van der Waals surface area (Å²) in [5, 5.41) is 2.78. The van der Waals surface area contributed by atoms with E-state index in [1.54, 1.807) is 18.2 Å². The molecule has 0 atom stereocenters. The topological polar surface area (TPSA) is 56.5 Å². The van der Waals surface area contributed by atoms with Crippen LogP contribution in [0.5, 0.6) is 5.75 Å². The van der Waals surface area contributed by atoms with Gasteiger partial charge in [0.05, 0.1) is 0 Å². The van der Waals surface area contributed by atoms with E-state index in [9.17, 15) is 9.59 Å². The number of aryl methyl sites for hydroxylation is 2. The molecular weight excluding hydrogens is 312 g/mol. The van der Waals surface area contributed by atoms with E-state index in [0.717, 1.165) is 35.8 Å². The van der Waals surface area contributed by atoms with Crippen LogP contribution in [-0.2, 0) is 12.8 Å². The molecule has 5 heteroatoms. The fourth-order valence-corrected chi connectivity index (χ4v) is 3.72. The summed E-state index contributed by atoms with van der Waals surface area (Å²) in [4.78, 5) is 24.8. The standard InChI is InChI=1S/C18H14O4S/c1-10-14(21-18(20)15-6-3-9-23-15)8-7-12-11-4-2-5-13(11)17(19)22-16(10)12/h3,6-9H,2,4-5H2,1H3. The summed E-state index contributed by atoms with van der Waals surface area (Å²) in [6.45, 7) is 1.81. The lowest BCUT2D eigenvalue weighted by Crippen LogP contribution is -2.10. The Morgan fingerprint density at radius 1 is 1.22 bits per heavy atom. The molecule has 116 valence electrons. The third kappa shape index (κ3) is 2.28. The van der Waals surface area contributed by atoms with Crippen LogP contribution in [0, 0.1) is 6.92 Å². The monoisotopic (exact) mass is 326 g/mol. The number of thiophene rings is 1. The van der Waals surface area contributed by atoms with E-state index in [1.165, 1.54) is 11.3 Å². The van der Waals surface area contributed by atoms with E-state index in [2.05, 4.69) is 0 Å². The predicted molar refractivity (Wildman–Crippen MR) is 88.5 cm³/mol. The van der Waals surface area contributed by atoms with E-state index in [-0.39, 0.29) is 5.63 Å². The molecule has 1 aromatic carbocycles. The van der Waals surface area contributed by atoms with Crippen molar-refractivity contribution < 1.29 is 13.9 Å². The maximum absolute atomic E-state index is 12.1. The second-order valence-corrected chi connectivity index (χ2v) is 6.58. The Balaban J connectivity index is 1.81.